The number of carbonyl (C=O) groups is 1. The average Bonchev–Trinajstić information content (AvgIpc) is 3.08. The highest BCUT2D eigenvalue weighted by atomic mass is 16.2. The van der Waals surface area contributed by atoms with E-state index >= 15 is 0 Å². The van der Waals surface area contributed by atoms with Gasteiger partial charge in [0.15, 0.2) is 0 Å². The minimum atomic E-state index is -0.505. The van der Waals surface area contributed by atoms with E-state index in [1.54, 1.807) is 6.20 Å². The molecule has 25 heavy (non-hydrogen) atoms. The van der Waals surface area contributed by atoms with E-state index in [0.29, 0.717) is 5.92 Å². The van der Waals surface area contributed by atoms with Crippen LogP contribution in [0.3, 0.4) is 0 Å². The minimum Gasteiger partial charge on any atom is -0.355 e. The number of carbonyl (C=O) groups excluding carboxylic acids is 1. The molecule has 1 aromatic carbocycles. The molecule has 1 aliphatic rings. The first-order chi connectivity index (χ1) is 12.1. The predicted molar refractivity (Wildman–Crippen MR) is 100 cm³/mol. The van der Waals surface area contributed by atoms with Crippen LogP contribution in [0.25, 0.3) is 0 Å². The van der Waals surface area contributed by atoms with Crippen LogP contribution in [0.15, 0.2) is 54.9 Å². The Bertz CT molecular complexity index is 685. The minimum absolute atomic E-state index is 0.101. The van der Waals surface area contributed by atoms with Crippen molar-refractivity contribution in [3.8, 4) is 0 Å². The standard InChI is InChI=1S/C21H27N3O/c1-21(2,19-8-4-3-5-9-19)20(25)23-14-18-10-12-24(16-18)15-17-7-6-11-22-13-17/h3-9,11,13,18H,10,12,14-16H2,1-2H3,(H,23,25)/t18-/m0/s1. The lowest BCUT2D eigenvalue weighted by Gasteiger charge is -2.25. The molecule has 4 nitrogen and oxygen atoms in total. The number of likely N-dealkylation sites (tertiary alicyclic amines) is 1. The van der Waals surface area contributed by atoms with E-state index in [4.69, 9.17) is 0 Å². The molecule has 1 atom stereocenters. The molecule has 1 saturated heterocycles. The Kier molecular flexibility index (Phi) is 5.49. The van der Waals surface area contributed by atoms with E-state index < -0.39 is 5.41 Å². The van der Waals surface area contributed by atoms with Crippen LogP contribution in [-0.4, -0.2) is 35.4 Å². The van der Waals surface area contributed by atoms with Crippen molar-refractivity contribution in [2.45, 2.75) is 32.2 Å². The lowest BCUT2D eigenvalue weighted by molar-refractivity contribution is -0.125. The van der Waals surface area contributed by atoms with Crippen molar-refractivity contribution in [2.24, 2.45) is 5.92 Å². The van der Waals surface area contributed by atoms with Gasteiger partial charge in [0, 0.05) is 32.0 Å². The molecular formula is C21H27N3O. The maximum Gasteiger partial charge on any atom is 0.230 e. The lowest BCUT2D eigenvalue weighted by Crippen LogP contribution is -2.42. The number of pyridine rings is 1. The first-order valence-electron chi connectivity index (χ1n) is 9.01. The molecule has 2 heterocycles. The summed E-state index contributed by atoms with van der Waals surface area (Å²) in [7, 11) is 0. The SMILES string of the molecule is CC(C)(C(=O)NC[C@@H]1CCN(Cc2cccnc2)C1)c1ccccc1. The van der Waals surface area contributed by atoms with Gasteiger partial charge >= 0.3 is 0 Å². The highest BCUT2D eigenvalue weighted by Crippen LogP contribution is 2.24. The van der Waals surface area contributed by atoms with Gasteiger partial charge in [0.25, 0.3) is 0 Å². The zero-order valence-electron chi connectivity index (χ0n) is 15.1. The Labute approximate surface area is 150 Å². The lowest BCUT2D eigenvalue weighted by atomic mass is 9.83. The number of hydrogen-bond donors (Lipinski definition) is 1. The fourth-order valence-corrected chi connectivity index (χ4v) is 3.42. The van der Waals surface area contributed by atoms with Crippen molar-refractivity contribution in [2.75, 3.05) is 19.6 Å². The van der Waals surface area contributed by atoms with Gasteiger partial charge in [-0.25, -0.2) is 0 Å². The summed E-state index contributed by atoms with van der Waals surface area (Å²) in [5, 5.41) is 3.17. The van der Waals surface area contributed by atoms with Crippen molar-refractivity contribution in [1.82, 2.24) is 15.2 Å². The van der Waals surface area contributed by atoms with Crippen LogP contribution in [-0.2, 0) is 16.8 Å². The van der Waals surface area contributed by atoms with E-state index in [2.05, 4.69) is 21.3 Å². The van der Waals surface area contributed by atoms with Gasteiger partial charge in [-0.2, -0.15) is 0 Å². The monoisotopic (exact) mass is 337 g/mol. The molecule has 0 bridgehead atoms. The molecule has 4 heteroatoms. The Hall–Kier alpha value is -2.20. The number of nitrogens with zero attached hydrogens (tertiary/aromatic N) is 2. The van der Waals surface area contributed by atoms with Crippen LogP contribution >= 0.6 is 0 Å². The molecule has 0 aliphatic carbocycles. The molecule has 0 radical (unpaired) electrons. The van der Waals surface area contributed by atoms with Crippen molar-refractivity contribution in [1.29, 1.82) is 0 Å². The summed E-state index contributed by atoms with van der Waals surface area (Å²) in [5.74, 6) is 0.622. The number of rotatable bonds is 6. The zero-order valence-corrected chi connectivity index (χ0v) is 15.1. The molecule has 1 aliphatic heterocycles. The Morgan fingerprint density at radius 3 is 2.76 bits per heavy atom. The Morgan fingerprint density at radius 1 is 1.24 bits per heavy atom. The van der Waals surface area contributed by atoms with Crippen LogP contribution in [0.2, 0.25) is 0 Å². The maximum absolute atomic E-state index is 12.7. The summed E-state index contributed by atoms with van der Waals surface area (Å²) in [6, 6.07) is 14.1. The van der Waals surface area contributed by atoms with Gasteiger partial charge < -0.3 is 5.32 Å². The second kappa shape index (κ2) is 7.79. The van der Waals surface area contributed by atoms with E-state index in [-0.39, 0.29) is 5.91 Å². The van der Waals surface area contributed by atoms with Crippen molar-refractivity contribution >= 4 is 5.91 Å². The molecule has 1 aromatic heterocycles. The van der Waals surface area contributed by atoms with Crippen LogP contribution in [0.4, 0.5) is 0 Å². The summed E-state index contributed by atoms with van der Waals surface area (Å²) in [6.07, 6.45) is 4.87. The molecule has 0 saturated carbocycles. The van der Waals surface area contributed by atoms with Crippen LogP contribution < -0.4 is 5.32 Å². The second-order valence-electron chi connectivity index (χ2n) is 7.45. The van der Waals surface area contributed by atoms with Crippen molar-refractivity contribution in [3.05, 3.63) is 66.0 Å². The molecule has 0 unspecified atom stereocenters. The summed E-state index contributed by atoms with van der Waals surface area (Å²) >= 11 is 0. The zero-order chi connectivity index (χ0) is 17.7. The highest BCUT2D eigenvalue weighted by Gasteiger charge is 2.30. The number of nitrogens with one attached hydrogen (secondary N) is 1. The highest BCUT2D eigenvalue weighted by molar-refractivity contribution is 5.87. The summed E-state index contributed by atoms with van der Waals surface area (Å²) in [4.78, 5) is 19.3. The third-order valence-corrected chi connectivity index (χ3v) is 5.11. The van der Waals surface area contributed by atoms with E-state index in [0.717, 1.165) is 38.2 Å². The molecule has 0 spiro atoms. The smallest absolute Gasteiger partial charge is 0.230 e. The summed E-state index contributed by atoms with van der Waals surface area (Å²) in [6.45, 7) is 7.77. The topological polar surface area (TPSA) is 45.2 Å². The Morgan fingerprint density at radius 2 is 2.04 bits per heavy atom. The summed E-state index contributed by atoms with van der Waals surface area (Å²) in [5.41, 5.74) is 1.80. The van der Waals surface area contributed by atoms with Gasteiger partial charge in [0.2, 0.25) is 5.91 Å². The second-order valence-corrected chi connectivity index (χ2v) is 7.45. The van der Waals surface area contributed by atoms with Crippen molar-refractivity contribution in [3.63, 3.8) is 0 Å². The van der Waals surface area contributed by atoms with Crippen LogP contribution in [0.5, 0.6) is 0 Å². The maximum atomic E-state index is 12.7. The fourth-order valence-electron chi connectivity index (χ4n) is 3.42. The number of benzene rings is 1. The molecule has 1 amide bonds. The fraction of sp³-hybridized carbons (Fsp3) is 0.429. The number of amides is 1. The van der Waals surface area contributed by atoms with Gasteiger partial charge in [-0.05, 0) is 49.9 Å². The van der Waals surface area contributed by atoms with Gasteiger partial charge in [-0.15, -0.1) is 0 Å². The first kappa shape index (κ1) is 17.6. The van der Waals surface area contributed by atoms with Gasteiger partial charge in [0.05, 0.1) is 5.41 Å². The summed E-state index contributed by atoms with van der Waals surface area (Å²) < 4.78 is 0. The van der Waals surface area contributed by atoms with Gasteiger partial charge in [-0.1, -0.05) is 36.4 Å². The quantitative estimate of drug-likeness (QED) is 0.881. The Balaban J connectivity index is 1.48. The number of aromatic nitrogens is 1. The molecule has 1 fully saturated rings. The van der Waals surface area contributed by atoms with Gasteiger partial charge in [0.1, 0.15) is 0 Å². The average molecular weight is 337 g/mol. The molecular weight excluding hydrogens is 310 g/mol. The normalized spacial score (nSPS) is 18.2. The predicted octanol–water partition coefficient (Wildman–Crippen LogP) is 3.00. The third kappa shape index (κ3) is 4.45. The number of hydrogen-bond acceptors (Lipinski definition) is 3. The largest absolute Gasteiger partial charge is 0.355 e. The molecule has 2 aromatic rings. The first-order valence-corrected chi connectivity index (χ1v) is 9.01. The van der Waals surface area contributed by atoms with E-state index in [1.165, 1.54) is 5.56 Å². The van der Waals surface area contributed by atoms with Crippen LogP contribution in [0.1, 0.15) is 31.4 Å². The molecule has 1 N–H and O–H groups in total. The van der Waals surface area contributed by atoms with Gasteiger partial charge in [-0.3, -0.25) is 14.7 Å². The van der Waals surface area contributed by atoms with E-state index in [1.807, 2.05) is 56.4 Å². The van der Waals surface area contributed by atoms with Crippen LogP contribution in [0, 0.1) is 5.92 Å². The molecule has 3 rings (SSSR count). The van der Waals surface area contributed by atoms with E-state index in [9.17, 15) is 4.79 Å². The third-order valence-electron chi connectivity index (χ3n) is 5.11. The van der Waals surface area contributed by atoms with Crippen molar-refractivity contribution < 1.29 is 4.79 Å². The molecule has 132 valence electrons.